The molecule has 4 rings (SSSR count). The number of benzene rings is 4. The predicted octanol–water partition coefficient (Wildman–Crippen LogP) is 7.93. The van der Waals surface area contributed by atoms with Gasteiger partial charge in [0, 0.05) is 22.1 Å². The molecule has 0 fully saturated rings. The van der Waals surface area contributed by atoms with Gasteiger partial charge in [-0.3, -0.25) is 0 Å². The summed E-state index contributed by atoms with van der Waals surface area (Å²) in [6.45, 7) is 2.17. The van der Waals surface area contributed by atoms with E-state index in [1.165, 1.54) is 42.7 Å². The number of fused-ring (bicyclic) bond motifs is 1. The third-order valence-electron chi connectivity index (χ3n) is 5.65. The molecule has 4 aromatic carbocycles. The highest BCUT2D eigenvalue weighted by Gasteiger charge is 2.09. The normalized spacial score (nSPS) is 10.4. The number of aryl methyl sites for hydroxylation is 1. The van der Waals surface area contributed by atoms with Gasteiger partial charge in [-0.15, -0.1) is 0 Å². The first-order valence-corrected chi connectivity index (χ1v) is 11.4. The summed E-state index contributed by atoms with van der Waals surface area (Å²) in [5, 5.41) is 0.554. The second-order valence-electron chi connectivity index (χ2n) is 8.27. The lowest BCUT2D eigenvalue weighted by Gasteiger charge is -2.02. The Bertz CT molecular complexity index is 1470. The van der Waals surface area contributed by atoms with Crippen molar-refractivity contribution in [3.63, 3.8) is 0 Å². The van der Waals surface area contributed by atoms with Gasteiger partial charge in [-0.25, -0.2) is 17.6 Å². The summed E-state index contributed by atoms with van der Waals surface area (Å²) in [5.74, 6) is 7.40. The molecule has 0 bridgehead atoms. The molecule has 174 valence electrons. The van der Waals surface area contributed by atoms with E-state index in [0.717, 1.165) is 36.6 Å². The van der Waals surface area contributed by atoms with Crippen LogP contribution in [0.25, 0.3) is 10.8 Å². The lowest BCUT2D eigenvalue weighted by Crippen LogP contribution is -1.93. The largest absolute Gasteiger partial charge is 0.205 e. The first-order chi connectivity index (χ1) is 16.9. The maximum atomic E-state index is 14.6. The Balaban J connectivity index is 1.52. The molecule has 4 heteroatoms. The van der Waals surface area contributed by atoms with Crippen LogP contribution in [0.5, 0.6) is 0 Å². The van der Waals surface area contributed by atoms with Crippen molar-refractivity contribution < 1.29 is 17.6 Å². The Morgan fingerprint density at radius 1 is 0.600 bits per heavy atom. The molecule has 0 aliphatic rings. The van der Waals surface area contributed by atoms with E-state index >= 15 is 0 Å². The molecule has 0 radical (unpaired) electrons. The van der Waals surface area contributed by atoms with Gasteiger partial charge < -0.3 is 0 Å². The molecule has 0 aliphatic carbocycles. The Hall–Kier alpha value is -4.02. The van der Waals surface area contributed by atoms with E-state index in [-0.39, 0.29) is 16.5 Å². The highest BCUT2D eigenvalue weighted by Crippen LogP contribution is 2.22. The molecule has 35 heavy (non-hydrogen) atoms. The van der Waals surface area contributed by atoms with E-state index < -0.39 is 23.3 Å². The van der Waals surface area contributed by atoms with Crippen LogP contribution in [-0.2, 0) is 6.42 Å². The smallest absolute Gasteiger partial charge is 0.166 e. The van der Waals surface area contributed by atoms with Crippen LogP contribution >= 0.6 is 0 Å². The van der Waals surface area contributed by atoms with E-state index in [2.05, 4.69) is 30.6 Å². The average Bonchev–Trinajstić information content (AvgIpc) is 2.85. The zero-order valence-electron chi connectivity index (χ0n) is 19.2. The van der Waals surface area contributed by atoms with E-state index in [0.29, 0.717) is 10.9 Å². The van der Waals surface area contributed by atoms with Crippen LogP contribution in [0.2, 0.25) is 0 Å². The lowest BCUT2D eigenvalue weighted by molar-refractivity contribution is 0.517. The quantitative estimate of drug-likeness (QED) is 0.161. The molecule has 0 nitrogen and oxygen atoms in total. The molecule has 0 saturated heterocycles. The zero-order valence-corrected chi connectivity index (χ0v) is 19.2. The Morgan fingerprint density at radius 2 is 1.26 bits per heavy atom. The predicted molar refractivity (Wildman–Crippen MR) is 132 cm³/mol. The maximum absolute atomic E-state index is 14.6. The Labute approximate surface area is 202 Å². The van der Waals surface area contributed by atoms with Crippen LogP contribution in [0, 0.1) is 47.0 Å². The topological polar surface area (TPSA) is 0 Å². The Kier molecular flexibility index (Phi) is 7.54. The van der Waals surface area contributed by atoms with Crippen molar-refractivity contribution in [2.75, 3.05) is 0 Å². The minimum Gasteiger partial charge on any atom is -0.205 e. The molecule has 0 N–H and O–H groups in total. The van der Waals surface area contributed by atoms with Gasteiger partial charge in [0.25, 0.3) is 0 Å². The average molecular weight is 471 g/mol. The third kappa shape index (κ3) is 5.92. The lowest BCUT2D eigenvalue weighted by atomic mass is 10.0. The Morgan fingerprint density at radius 3 is 1.97 bits per heavy atom. The minimum atomic E-state index is -0.946. The molecular weight excluding hydrogens is 448 g/mol. The summed E-state index contributed by atoms with van der Waals surface area (Å²) in [6.07, 6.45) is 4.54. The SMILES string of the molecule is CCCCCc1ccc(C#Cc2cc(F)c(C#Cc3ccc4c(F)c(F)ccc4c3)c(F)c2)cc1. The van der Waals surface area contributed by atoms with Crippen LogP contribution in [0.1, 0.15) is 54.0 Å². The van der Waals surface area contributed by atoms with Gasteiger partial charge in [0.15, 0.2) is 11.6 Å². The fourth-order valence-corrected chi connectivity index (χ4v) is 3.72. The summed E-state index contributed by atoms with van der Waals surface area (Å²) in [5.41, 5.74) is 2.26. The van der Waals surface area contributed by atoms with Crippen molar-refractivity contribution in [3.8, 4) is 23.7 Å². The summed E-state index contributed by atoms with van der Waals surface area (Å²) in [4.78, 5) is 0. The highest BCUT2D eigenvalue weighted by molar-refractivity contribution is 5.84. The highest BCUT2D eigenvalue weighted by atomic mass is 19.2. The second-order valence-corrected chi connectivity index (χ2v) is 8.27. The molecule has 0 atom stereocenters. The fraction of sp³-hybridized carbons (Fsp3) is 0.161. The number of hydrogen-bond donors (Lipinski definition) is 0. The monoisotopic (exact) mass is 470 g/mol. The molecule has 0 saturated carbocycles. The van der Waals surface area contributed by atoms with Crippen LogP contribution in [0.15, 0.2) is 66.7 Å². The van der Waals surface area contributed by atoms with Crippen molar-refractivity contribution >= 4 is 10.8 Å². The summed E-state index contributed by atoms with van der Waals surface area (Å²) >= 11 is 0. The number of unbranched alkanes of at least 4 members (excludes halogenated alkanes) is 2. The number of halogens is 4. The molecular formula is C31H22F4. The molecule has 0 aromatic heterocycles. The molecule has 0 spiro atoms. The number of hydrogen-bond acceptors (Lipinski definition) is 0. The van der Waals surface area contributed by atoms with Gasteiger partial charge in [-0.2, -0.15) is 0 Å². The molecule has 0 heterocycles. The summed E-state index contributed by atoms with van der Waals surface area (Å²) in [7, 11) is 0. The van der Waals surface area contributed by atoms with Gasteiger partial charge in [0.2, 0.25) is 0 Å². The first kappa shape index (κ1) is 24.1. The van der Waals surface area contributed by atoms with Crippen molar-refractivity contribution in [3.05, 3.63) is 118 Å². The molecule has 0 unspecified atom stereocenters. The van der Waals surface area contributed by atoms with Gasteiger partial charge in [0.1, 0.15) is 11.6 Å². The van der Waals surface area contributed by atoms with E-state index in [4.69, 9.17) is 0 Å². The van der Waals surface area contributed by atoms with E-state index in [1.807, 2.05) is 24.3 Å². The summed E-state index contributed by atoms with van der Waals surface area (Å²) in [6, 6.07) is 17.0. The van der Waals surface area contributed by atoms with Crippen LogP contribution in [0.3, 0.4) is 0 Å². The maximum Gasteiger partial charge on any atom is 0.166 e. The standard InChI is InChI=1S/C31H22F4/c1-2-3-4-5-21-6-8-22(9-7-21)10-11-24-19-29(33)27(30(34)20-24)16-13-23-12-15-26-25(18-23)14-17-28(32)31(26)35/h6-9,12,14-15,17-20H,2-5H2,1H3. The summed E-state index contributed by atoms with van der Waals surface area (Å²) < 4.78 is 56.4. The molecule has 0 amide bonds. The second kappa shape index (κ2) is 10.9. The van der Waals surface area contributed by atoms with Crippen LogP contribution in [-0.4, -0.2) is 0 Å². The van der Waals surface area contributed by atoms with E-state index in [1.54, 1.807) is 0 Å². The fourth-order valence-electron chi connectivity index (χ4n) is 3.72. The zero-order chi connectivity index (χ0) is 24.8. The van der Waals surface area contributed by atoms with Crippen LogP contribution < -0.4 is 0 Å². The first-order valence-electron chi connectivity index (χ1n) is 11.4. The van der Waals surface area contributed by atoms with Crippen molar-refractivity contribution in [2.45, 2.75) is 32.6 Å². The van der Waals surface area contributed by atoms with Gasteiger partial charge in [-0.1, -0.05) is 67.7 Å². The van der Waals surface area contributed by atoms with Crippen molar-refractivity contribution in [1.82, 2.24) is 0 Å². The van der Waals surface area contributed by atoms with Crippen molar-refractivity contribution in [1.29, 1.82) is 0 Å². The third-order valence-corrected chi connectivity index (χ3v) is 5.65. The van der Waals surface area contributed by atoms with Gasteiger partial charge >= 0.3 is 0 Å². The van der Waals surface area contributed by atoms with Crippen molar-refractivity contribution in [2.24, 2.45) is 0 Å². The van der Waals surface area contributed by atoms with E-state index in [9.17, 15) is 17.6 Å². The molecule has 4 aromatic rings. The van der Waals surface area contributed by atoms with Crippen LogP contribution in [0.4, 0.5) is 17.6 Å². The van der Waals surface area contributed by atoms with Gasteiger partial charge in [-0.05, 0) is 66.3 Å². The minimum absolute atomic E-state index is 0.113. The van der Waals surface area contributed by atoms with Gasteiger partial charge in [0.05, 0.1) is 5.56 Å². The number of rotatable bonds is 4. The molecule has 0 aliphatic heterocycles.